The van der Waals surface area contributed by atoms with Crippen LogP contribution in [0.5, 0.6) is 0 Å². The van der Waals surface area contributed by atoms with Crippen LogP contribution in [-0.4, -0.2) is 41.0 Å². The first-order valence-corrected chi connectivity index (χ1v) is 5.42. The minimum Gasteiger partial charge on any atom is -0.369 e. The molecule has 1 aliphatic heterocycles. The molecule has 2 rings (SSSR count). The molecule has 0 spiro atoms. The normalized spacial score (nSPS) is 20.5. The molecule has 0 unspecified atom stereocenters. The molecule has 88 valence electrons. The lowest BCUT2D eigenvalue weighted by molar-refractivity contribution is 0.246. The van der Waals surface area contributed by atoms with Crippen molar-refractivity contribution in [3.05, 3.63) is 22.1 Å². The van der Waals surface area contributed by atoms with Crippen molar-refractivity contribution in [2.24, 2.45) is 0 Å². The van der Waals surface area contributed by atoms with Gasteiger partial charge in [0.1, 0.15) is 0 Å². The molecule has 6 heteroatoms. The Morgan fingerprint density at radius 1 is 1.69 bits per heavy atom. The number of nitrogens with zero attached hydrogens (tertiary/aromatic N) is 2. The molecule has 1 saturated heterocycles. The van der Waals surface area contributed by atoms with E-state index >= 15 is 0 Å². The summed E-state index contributed by atoms with van der Waals surface area (Å²) in [6.45, 7) is 2.70. The van der Waals surface area contributed by atoms with E-state index in [9.17, 15) is 4.79 Å². The van der Waals surface area contributed by atoms with Crippen molar-refractivity contribution in [1.82, 2.24) is 20.2 Å². The number of likely N-dealkylation sites (N-methyl/N-ethyl adjacent to an activating group) is 1. The van der Waals surface area contributed by atoms with E-state index in [1.807, 2.05) is 7.05 Å². The highest BCUT2D eigenvalue weighted by molar-refractivity contribution is 5.17. The van der Waals surface area contributed by atoms with E-state index in [1.165, 1.54) is 6.07 Å². The largest absolute Gasteiger partial charge is 0.369 e. The van der Waals surface area contributed by atoms with E-state index in [4.69, 9.17) is 5.73 Å². The van der Waals surface area contributed by atoms with Crippen LogP contribution in [0.1, 0.15) is 12.1 Å². The summed E-state index contributed by atoms with van der Waals surface area (Å²) in [5, 5.41) is 3.31. The predicted octanol–water partition coefficient (Wildman–Crippen LogP) is -0.854. The zero-order valence-corrected chi connectivity index (χ0v) is 9.36. The van der Waals surface area contributed by atoms with Gasteiger partial charge in [-0.15, -0.1) is 0 Å². The van der Waals surface area contributed by atoms with E-state index in [1.54, 1.807) is 0 Å². The molecule has 0 radical (unpaired) electrons. The average molecular weight is 223 g/mol. The maximum atomic E-state index is 11.2. The number of H-pyrrole nitrogens is 1. The molecular weight excluding hydrogens is 206 g/mol. The van der Waals surface area contributed by atoms with E-state index in [-0.39, 0.29) is 11.5 Å². The minimum atomic E-state index is -0.194. The second-order valence-electron chi connectivity index (χ2n) is 4.18. The van der Waals surface area contributed by atoms with Gasteiger partial charge in [0.05, 0.1) is 5.69 Å². The first-order valence-electron chi connectivity index (χ1n) is 5.42. The summed E-state index contributed by atoms with van der Waals surface area (Å²) < 4.78 is 0. The number of hydrogen-bond acceptors (Lipinski definition) is 5. The quantitative estimate of drug-likeness (QED) is 0.621. The molecule has 0 amide bonds. The van der Waals surface area contributed by atoms with Gasteiger partial charge < -0.3 is 11.1 Å². The summed E-state index contributed by atoms with van der Waals surface area (Å²) in [4.78, 5) is 19.9. The van der Waals surface area contributed by atoms with Crippen LogP contribution in [-0.2, 0) is 6.54 Å². The maximum absolute atomic E-state index is 11.2. The molecule has 6 nitrogen and oxygen atoms in total. The Kier molecular flexibility index (Phi) is 3.21. The molecule has 1 aliphatic rings. The van der Waals surface area contributed by atoms with Crippen LogP contribution < -0.4 is 16.6 Å². The first-order chi connectivity index (χ1) is 7.65. The number of nitrogens with one attached hydrogen (secondary N) is 2. The van der Waals surface area contributed by atoms with E-state index in [2.05, 4.69) is 20.2 Å². The predicted molar refractivity (Wildman–Crippen MR) is 62.0 cm³/mol. The van der Waals surface area contributed by atoms with Gasteiger partial charge in [-0.25, -0.2) is 4.98 Å². The van der Waals surface area contributed by atoms with Crippen LogP contribution in [0.2, 0.25) is 0 Å². The summed E-state index contributed by atoms with van der Waals surface area (Å²) in [5.74, 6) is 0.181. The van der Waals surface area contributed by atoms with Gasteiger partial charge >= 0.3 is 0 Å². The van der Waals surface area contributed by atoms with Crippen molar-refractivity contribution < 1.29 is 0 Å². The molecule has 0 bridgehead atoms. The van der Waals surface area contributed by atoms with Gasteiger partial charge in [-0.1, -0.05) is 0 Å². The second kappa shape index (κ2) is 4.63. The Bertz CT molecular complexity index is 410. The van der Waals surface area contributed by atoms with E-state index in [0.29, 0.717) is 12.6 Å². The van der Waals surface area contributed by atoms with Crippen molar-refractivity contribution in [3.63, 3.8) is 0 Å². The van der Waals surface area contributed by atoms with E-state index < -0.39 is 0 Å². The standard InChI is InChI=1S/C10H17N5O/c1-15(8-2-3-12-5-8)6-7-4-9(16)14-10(11)13-7/h4,8,12H,2-3,5-6H2,1H3,(H3,11,13,14,16)/t8-/m1/s1. The molecule has 1 atom stereocenters. The SMILES string of the molecule is CN(Cc1cc(=O)[nH]c(N)n1)[C@@H]1CCNC1. The smallest absolute Gasteiger partial charge is 0.252 e. The van der Waals surface area contributed by atoms with Crippen molar-refractivity contribution in [1.29, 1.82) is 0 Å². The van der Waals surface area contributed by atoms with Crippen LogP contribution in [0.4, 0.5) is 5.95 Å². The van der Waals surface area contributed by atoms with Gasteiger partial charge in [0.2, 0.25) is 5.95 Å². The lowest BCUT2D eigenvalue weighted by atomic mass is 10.2. The topological polar surface area (TPSA) is 87.0 Å². The molecule has 16 heavy (non-hydrogen) atoms. The molecule has 1 aromatic heterocycles. The molecule has 1 aromatic rings. The fraction of sp³-hybridized carbons (Fsp3) is 0.600. The Hall–Kier alpha value is -1.40. The number of aromatic amines is 1. The minimum absolute atomic E-state index is 0.181. The number of aromatic nitrogens is 2. The second-order valence-corrected chi connectivity index (χ2v) is 4.18. The molecule has 0 aliphatic carbocycles. The van der Waals surface area contributed by atoms with Crippen molar-refractivity contribution in [2.45, 2.75) is 19.0 Å². The van der Waals surface area contributed by atoms with Gasteiger partial charge in [-0.05, 0) is 20.0 Å². The molecule has 0 saturated carbocycles. The van der Waals surface area contributed by atoms with Crippen LogP contribution in [0.15, 0.2) is 10.9 Å². The van der Waals surface area contributed by atoms with Crippen molar-refractivity contribution in [2.75, 3.05) is 25.9 Å². The molecule has 2 heterocycles. The van der Waals surface area contributed by atoms with Crippen LogP contribution in [0.25, 0.3) is 0 Å². The fourth-order valence-corrected chi connectivity index (χ4v) is 2.01. The molecule has 0 aromatic carbocycles. The third kappa shape index (κ3) is 2.59. The number of anilines is 1. The Morgan fingerprint density at radius 3 is 3.12 bits per heavy atom. The highest BCUT2D eigenvalue weighted by Crippen LogP contribution is 2.09. The average Bonchev–Trinajstić information content (AvgIpc) is 2.68. The highest BCUT2D eigenvalue weighted by atomic mass is 16.1. The van der Waals surface area contributed by atoms with Gasteiger partial charge in [-0.3, -0.25) is 14.7 Å². The third-order valence-corrected chi connectivity index (χ3v) is 2.88. The van der Waals surface area contributed by atoms with Gasteiger partial charge in [0.15, 0.2) is 0 Å². The lowest BCUT2D eigenvalue weighted by Gasteiger charge is -2.22. The number of nitrogens with two attached hydrogens (primary N) is 1. The Labute approximate surface area is 93.9 Å². The fourth-order valence-electron chi connectivity index (χ4n) is 2.01. The maximum Gasteiger partial charge on any atom is 0.252 e. The van der Waals surface area contributed by atoms with E-state index in [0.717, 1.165) is 25.2 Å². The Morgan fingerprint density at radius 2 is 2.50 bits per heavy atom. The van der Waals surface area contributed by atoms with Gasteiger partial charge in [-0.2, -0.15) is 0 Å². The van der Waals surface area contributed by atoms with Crippen LogP contribution >= 0.6 is 0 Å². The summed E-state index contributed by atoms with van der Waals surface area (Å²) in [7, 11) is 2.04. The zero-order valence-electron chi connectivity index (χ0n) is 9.36. The summed E-state index contributed by atoms with van der Waals surface area (Å²) in [5.41, 5.74) is 6.02. The van der Waals surface area contributed by atoms with Gasteiger partial charge in [0, 0.05) is 25.2 Å². The molecule has 4 N–H and O–H groups in total. The van der Waals surface area contributed by atoms with Gasteiger partial charge in [0.25, 0.3) is 5.56 Å². The number of nitrogen functional groups attached to an aromatic ring is 1. The van der Waals surface area contributed by atoms with Crippen LogP contribution in [0, 0.1) is 0 Å². The summed E-state index contributed by atoms with van der Waals surface area (Å²) in [6, 6.07) is 2.01. The van der Waals surface area contributed by atoms with Crippen molar-refractivity contribution in [3.8, 4) is 0 Å². The monoisotopic (exact) mass is 223 g/mol. The van der Waals surface area contributed by atoms with Crippen LogP contribution in [0.3, 0.4) is 0 Å². The Balaban J connectivity index is 2.05. The van der Waals surface area contributed by atoms with Crippen molar-refractivity contribution >= 4 is 5.95 Å². The third-order valence-electron chi connectivity index (χ3n) is 2.88. The molecule has 1 fully saturated rings. The number of rotatable bonds is 3. The zero-order chi connectivity index (χ0) is 11.5. The molecular formula is C10H17N5O. The first kappa shape index (κ1) is 11.1. The number of hydrogen-bond donors (Lipinski definition) is 3. The highest BCUT2D eigenvalue weighted by Gasteiger charge is 2.19. The summed E-state index contributed by atoms with van der Waals surface area (Å²) >= 11 is 0. The summed E-state index contributed by atoms with van der Waals surface area (Å²) in [6.07, 6.45) is 1.13. The lowest BCUT2D eigenvalue weighted by Crippen LogP contribution is -2.33.